The average molecular weight is 782 g/mol. The third-order valence-electron chi connectivity index (χ3n) is 10.5. The molecule has 10 atom stereocenters. The number of imidazole rings is 1. The molecule has 0 amide bonds. The van der Waals surface area contributed by atoms with Gasteiger partial charge in [0.15, 0.2) is 23.6 Å². The Balaban J connectivity index is 1.13. The van der Waals surface area contributed by atoms with Crippen molar-refractivity contribution in [3.8, 4) is 5.75 Å². The van der Waals surface area contributed by atoms with Crippen LogP contribution >= 0.6 is 0 Å². The first-order valence-electron chi connectivity index (χ1n) is 19.5. The fourth-order valence-electron chi connectivity index (χ4n) is 7.60. The summed E-state index contributed by atoms with van der Waals surface area (Å²) < 4.78 is 33.7. The van der Waals surface area contributed by atoms with Crippen molar-refractivity contribution in [1.29, 1.82) is 0 Å². The molecule has 15 heteroatoms. The van der Waals surface area contributed by atoms with Gasteiger partial charge in [0.1, 0.15) is 42.4 Å². The highest BCUT2D eigenvalue weighted by atomic mass is 16.7. The molecular formula is C41H57N4O11+. The Morgan fingerprint density at radius 2 is 1.34 bits per heavy atom. The molecule has 2 fully saturated rings. The van der Waals surface area contributed by atoms with Gasteiger partial charge >= 0.3 is 0 Å². The summed E-state index contributed by atoms with van der Waals surface area (Å²) in [5.74, 6) is 1.70. The number of ether oxygens (including phenoxy) is 5. The third kappa shape index (κ3) is 9.76. The maximum absolute atomic E-state index is 11.4. The summed E-state index contributed by atoms with van der Waals surface area (Å²) in [7, 11) is 0. The Morgan fingerprint density at radius 1 is 0.804 bits per heavy atom. The van der Waals surface area contributed by atoms with E-state index >= 15 is 0 Å². The predicted octanol–water partition coefficient (Wildman–Crippen LogP) is 0.892. The van der Waals surface area contributed by atoms with Gasteiger partial charge in [-0.05, 0) is 32.4 Å². The Hall–Kier alpha value is -3.55. The van der Waals surface area contributed by atoms with Crippen molar-refractivity contribution in [2.24, 2.45) is 5.73 Å². The zero-order chi connectivity index (χ0) is 39.8. The van der Waals surface area contributed by atoms with Gasteiger partial charge < -0.3 is 60.1 Å². The van der Waals surface area contributed by atoms with Gasteiger partial charge in [0.25, 0.3) is 5.82 Å². The van der Waals surface area contributed by atoms with E-state index in [2.05, 4.69) is 23.0 Å². The average Bonchev–Trinajstić information content (AvgIpc) is 3.54. The van der Waals surface area contributed by atoms with Crippen LogP contribution in [0.25, 0.3) is 11.0 Å². The van der Waals surface area contributed by atoms with E-state index in [1.807, 2.05) is 54.6 Å². The number of aryl methyl sites for hydroxylation is 2. The fraction of sp³-hybridized carbons (Fsp3) is 0.537. The van der Waals surface area contributed by atoms with Gasteiger partial charge in [-0.2, -0.15) is 0 Å². The van der Waals surface area contributed by atoms with Gasteiger partial charge in [0.2, 0.25) is 0 Å². The highest BCUT2D eigenvalue weighted by Crippen LogP contribution is 2.31. The van der Waals surface area contributed by atoms with E-state index in [9.17, 15) is 30.6 Å². The number of aliphatic hydroxyl groups is 6. The first-order valence-corrected chi connectivity index (χ1v) is 19.5. The lowest BCUT2D eigenvalue weighted by molar-refractivity contribution is -0.676. The van der Waals surface area contributed by atoms with Crippen LogP contribution < -0.4 is 15.0 Å². The molecule has 0 radical (unpaired) electrons. The number of benzene rings is 3. The first-order chi connectivity index (χ1) is 27.1. The molecule has 2 aliphatic rings. The summed E-state index contributed by atoms with van der Waals surface area (Å²) >= 11 is 0. The first kappa shape index (κ1) is 42.1. The van der Waals surface area contributed by atoms with E-state index in [0.29, 0.717) is 29.8 Å². The Bertz CT molecular complexity index is 1720. The van der Waals surface area contributed by atoms with E-state index in [0.717, 1.165) is 29.9 Å². The normalized spacial score (nSPS) is 25.2. The van der Waals surface area contributed by atoms with Crippen LogP contribution in [0.5, 0.6) is 5.75 Å². The maximum Gasteiger partial charge on any atom is 0.271 e. The smallest absolute Gasteiger partial charge is 0.271 e. The summed E-state index contributed by atoms with van der Waals surface area (Å²) in [6.45, 7) is 6.12. The molecule has 15 nitrogen and oxygen atoms in total. The lowest BCUT2D eigenvalue weighted by Gasteiger charge is -2.40. The number of hydrogen-bond donors (Lipinski definition) is 7. The molecule has 0 aliphatic carbocycles. The molecule has 56 heavy (non-hydrogen) atoms. The van der Waals surface area contributed by atoms with E-state index in [4.69, 9.17) is 29.4 Å². The highest BCUT2D eigenvalue weighted by Gasteiger charge is 2.42. The largest absolute Gasteiger partial charge is 0.493 e. The Morgan fingerprint density at radius 3 is 1.82 bits per heavy atom. The summed E-state index contributed by atoms with van der Waals surface area (Å²) in [6.07, 6.45) is -12.0. The van der Waals surface area contributed by atoms with E-state index in [1.54, 1.807) is 29.2 Å². The molecule has 0 saturated carbocycles. The minimum Gasteiger partial charge on any atom is -0.493 e. The molecule has 1 aromatic heterocycles. The second kappa shape index (κ2) is 19.7. The zero-order valence-corrected chi connectivity index (χ0v) is 32.0. The van der Waals surface area contributed by atoms with Crippen molar-refractivity contribution in [3.05, 3.63) is 95.8 Å². The van der Waals surface area contributed by atoms with Gasteiger partial charge in [0.05, 0.1) is 51.7 Å². The van der Waals surface area contributed by atoms with E-state index in [-0.39, 0.29) is 39.5 Å². The van der Waals surface area contributed by atoms with Crippen LogP contribution in [0.1, 0.15) is 49.8 Å². The molecular weight excluding hydrogens is 724 g/mol. The van der Waals surface area contributed by atoms with Gasteiger partial charge in [-0.25, -0.2) is 9.13 Å². The zero-order valence-electron chi connectivity index (χ0n) is 32.0. The number of nitrogens with zero attached hydrogens (tertiary/aromatic N) is 3. The molecule has 3 heterocycles. The van der Waals surface area contributed by atoms with Crippen molar-refractivity contribution in [2.45, 2.75) is 101 Å². The second-order valence-corrected chi connectivity index (χ2v) is 14.3. The number of aliphatic hydroxyl groups excluding tert-OH is 6. The monoisotopic (exact) mass is 781 g/mol. The number of nitrogens with two attached hydrogens (primary N) is 1. The molecule has 0 bridgehead atoms. The summed E-state index contributed by atoms with van der Waals surface area (Å²) in [4.78, 5) is 1.69. The van der Waals surface area contributed by atoms with Gasteiger partial charge in [-0.15, -0.1) is 0 Å². The van der Waals surface area contributed by atoms with Crippen LogP contribution in [0, 0.1) is 0 Å². The third-order valence-corrected chi connectivity index (χ3v) is 10.5. The molecule has 4 aromatic rings. The minimum atomic E-state index is -1.53. The second-order valence-electron chi connectivity index (χ2n) is 14.3. The van der Waals surface area contributed by atoms with Crippen LogP contribution in [0.3, 0.4) is 0 Å². The van der Waals surface area contributed by atoms with Crippen molar-refractivity contribution in [3.63, 3.8) is 0 Å². The van der Waals surface area contributed by atoms with Gasteiger partial charge in [-0.1, -0.05) is 60.7 Å². The molecule has 10 unspecified atom stereocenters. The quantitative estimate of drug-likeness (QED) is 0.0555. The predicted molar refractivity (Wildman–Crippen MR) is 204 cm³/mol. The lowest BCUT2D eigenvalue weighted by Crippen LogP contribution is -2.56. The van der Waals surface area contributed by atoms with Crippen LogP contribution in [0.2, 0.25) is 0 Å². The molecule has 6 rings (SSSR count). The Labute approximate surface area is 327 Å². The SMILES string of the molecule is CCn1c(CN)[n+](CC)c2ccc(OCCCN(CC(O)C(O)C3OC(c4ccccc4)OCC3O)CC(O)C(O)C3OC(c4ccccc4)OCC3O)cc21. The summed E-state index contributed by atoms with van der Waals surface area (Å²) in [5, 5.41) is 66.8. The highest BCUT2D eigenvalue weighted by molar-refractivity contribution is 5.74. The van der Waals surface area contributed by atoms with Crippen molar-refractivity contribution < 1.29 is 58.9 Å². The summed E-state index contributed by atoms with van der Waals surface area (Å²) in [6, 6.07) is 24.1. The molecule has 306 valence electrons. The van der Waals surface area contributed by atoms with Crippen molar-refractivity contribution >= 4 is 11.0 Å². The Kier molecular flexibility index (Phi) is 14.8. The molecule has 2 aliphatic heterocycles. The van der Waals surface area contributed by atoms with E-state index in [1.165, 1.54) is 0 Å². The maximum atomic E-state index is 11.4. The summed E-state index contributed by atoms with van der Waals surface area (Å²) in [5.41, 5.74) is 9.58. The number of fused-ring (bicyclic) bond motifs is 1. The molecule has 2 saturated heterocycles. The minimum absolute atomic E-state index is 0.113. The van der Waals surface area contributed by atoms with Crippen LogP contribution in [0.4, 0.5) is 0 Å². The number of rotatable bonds is 18. The fourth-order valence-corrected chi connectivity index (χ4v) is 7.60. The topological polar surface area (TPSA) is 206 Å². The molecule has 0 spiro atoms. The number of hydrogen-bond acceptors (Lipinski definition) is 13. The molecule has 8 N–H and O–H groups in total. The van der Waals surface area contributed by atoms with Crippen molar-refractivity contribution in [2.75, 3.05) is 39.5 Å². The van der Waals surface area contributed by atoms with Gasteiger partial charge in [-0.3, -0.25) is 4.90 Å². The lowest BCUT2D eigenvalue weighted by atomic mass is 9.99. The van der Waals surface area contributed by atoms with E-state index < -0.39 is 61.4 Å². The van der Waals surface area contributed by atoms with Crippen LogP contribution in [0.15, 0.2) is 78.9 Å². The van der Waals surface area contributed by atoms with Crippen LogP contribution in [-0.2, 0) is 38.6 Å². The van der Waals surface area contributed by atoms with Crippen molar-refractivity contribution in [1.82, 2.24) is 9.47 Å². The molecule has 3 aromatic carbocycles. The standard InChI is InChI=1S/C41H57N4O11/c1-3-44-29-17-16-28(20-30(29)45(4-2)35(44)21-42)52-19-11-18-43(22-31(46)36(50)38-33(48)24-53-40(55-38)26-12-7-5-8-13-26)23-32(47)37(51)39-34(49)25-54-41(56-39)27-14-9-6-10-15-27/h5-10,12-17,20,31-34,36-41,46-51H,3-4,11,18-19,21-25,42H2,1-2H3/q+1. The number of aromatic nitrogens is 2. The van der Waals surface area contributed by atoms with Gasteiger partial charge in [0, 0.05) is 36.8 Å². The van der Waals surface area contributed by atoms with Crippen LogP contribution in [-0.4, -0.2) is 128 Å².